The lowest BCUT2D eigenvalue weighted by atomic mass is 10.0. The molecule has 4 heteroatoms. The van der Waals surface area contributed by atoms with Gasteiger partial charge in [-0.3, -0.25) is 9.59 Å². The zero-order valence-electron chi connectivity index (χ0n) is 34.9. The predicted molar refractivity (Wildman–Crippen MR) is 227 cm³/mol. The number of carboxylic acids is 1. The summed E-state index contributed by atoms with van der Waals surface area (Å²) < 4.78 is 5.92. The number of rotatable bonds is 42. The van der Waals surface area contributed by atoms with E-state index in [-0.39, 0.29) is 18.5 Å². The summed E-state index contributed by atoms with van der Waals surface area (Å²) in [5, 5.41) is 8.99. The first kappa shape index (κ1) is 50.2. The standard InChI is InChI=1S/C48H88O4/c1-3-5-7-9-11-13-15-17-19-21-22-23-24-25-27-29-31-33-35-37-39-45-48(51)52-46(43-40-41-44-47(49)50)42-38-36-34-32-30-28-26-20-18-16-14-12-10-8-6-4-2/h11,13,17,19,25,27,46H,3-10,12,14-16,18,20-24,26,28-45H2,1-2H3,(H,49,50)/b13-11-,19-17-,27-25-. The summed E-state index contributed by atoms with van der Waals surface area (Å²) >= 11 is 0. The van der Waals surface area contributed by atoms with Gasteiger partial charge in [0, 0.05) is 12.8 Å². The molecule has 0 rings (SSSR count). The second kappa shape index (κ2) is 43.6. The quantitative estimate of drug-likeness (QED) is 0.0386. The van der Waals surface area contributed by atoms with Gasteiger partial charge in [-0.25, -0.2) is 0 Å². The molecule has 4 nitrogen and oxygen atoms in total. The first-order valence-electron chi connectivity index (χ1n) is 23.0. The van der Waals surface area contributed by atoms with E-state index < -0.39 is 5.97 Å². The normalized spacial score (nSPS) is 12.5. The van der Waals surface area contributed by atoms with Gasteiger partial charge in [-0.05, 0) is 96.3 Å². The number of carbonyl (C=O) groups excluding carboxylic acids is 1. The van der Waals surface area contributed by atoms with Gasteiger partial charge in [0.2, 0.25) is 0 Å². The van der Waals surface area contributed by atoms with Crippen LogP contribution in [0.1, 0.15) is 251 Å². The van der Waals surface area contributed by atoms with E-state index in [0.29, 0.717) is 12.8 Å². The monoisotopic (exact) mass is 729 g/mol. The Kier molecular flexibility index (Phi) is 42.0. The Morgan fingerprint density at radius 1 is 0.423 bits per heavy atom. The number of carboxylic acid groups (broad SMARTS) is 1. The highest BCUT2D eigenvalue weighted by atomic mass is 16.5. The molecule has 0 aromatic rings. The lowest BCUT2D eigenvalue weighted by molar-refractivity contribution is -0.150. The number of unbranched alkanes of at least 4 members (excludes halogenated alkanes) is 27. The van der Waals surface area contributed by atoms with Crippen molar-refractivity contribution in [1.82, 2.24) is 0 Å². The Bertz CT molecular complexity index is 828. The van der Waals surface area contributed by atoms with Gasteiger partial charge in [0.05, 0.1) is 0 Å². The maximum atomic E-state index is 12.6. The van der Waals surface area contributed by atoms with Crippen LogP contribution in [-0.2, 0) is 14.3 Å². The molecule has 0 aliphatic carbocycles. The molecule has 0 spiro atoms. The first-order valence-corrected chi connectivity index (χ1v) is 23.0. The topological polar surface area (TPSA) is 63.6 Å². The second-order valence-corrected chi connectivity index (χ2v) is 15.6. The van der Waals surface area contributed by atoms with E-state index in [1.54, 1.807) is 0 Å². The highest BCUT2D eigenvalue weighted by molar-refractivity contribution is 5.69. The Morgan fingerprint density at radius 3 is 1.23 bits per heavy atom. The predicted octanol–water partition coefficient (Wildman–Crippen LogP) is 16.1. The number of carbonyl (C=O) groups is 2. The summed E-state index contributed by atoms with van der Waals surface area (Å²) in [7, 11) is 0. The van der Waals surface area contributed by atoms with E-state index in [1.807, 2.05) is 0 Å². The molecular formula is C48H88O4. The van der Waals surface area contributed by atoms with Crippen LogP contribution in [0.25, 0.3) is 0 Å². The zero-order chi connectivity index (χ0) is 37.8. The van der Waals surface area contributed by atoms with Crippen molar-refractivity contribution >= 4 is 11.9 Å². The molecule has 0 aliphatic heterocycles. The Labute approximate surface area is 324 Å². The summed E-state index contributed by atoms with van der Waals surface area (Å²) in [6.45, 7) is 4.54. The molecule has 0 saturated carbocycles. The molecule has 0 aromatic carbocycles. The van der Waals surface area contributed by atoms with Crippen molar-refractivity contribution in [2.75, 3.05) is 0 Å². The van der Waals surface area contributed by atoms with Crippen LogP contribution in [0, 0.1) is 0 Å². The molecule has 0 aliphatic rings. The van der Waals surface area contributed by atoms with Gasteiger partial charge in [-0.15, -0.1) is 0 Å². The Morgan fingerprint density at radius 2 is 0.750 bits per heavy atom. The van der Waals surface area contributed by atoms with Gasteiger partial charge in [-0.1, -0.05) is 179 Å². The molecule has 1 N–H and O–H groups in total. The van der Waals surface area contributed by atoms with Crippen molar-refractivity contribution in [3.05, 3.63) is 36.5 Å². The molecule has 0 aromatic heterocycles. The minimum atomic E-state index is -0.742. The molecular weight excluding hydrogens is 641 g/mol. The van der Waals surface area contributed by atoms with E-state index in [4.69, 9.17) is 9.84 Å². The molecule has 0 heterocycles. The lowest BCUT2D eigenvalue weighted by Gasteiger charge is -2.18. The van der Waals surface area contributed by atoms with Crippen LogP contribution >= 0.6 is 0 Å². The highest BCUT2D eigenvalue weighted by Crippen LogP contribution is 2.19. The third-order valence-corrected chi connectivity index (χ3v) is 10.3. The zero-order valence-corrected chi connectivity index (χ0v) is 34.9. The fourth-order valence-electron chi connectivity index (χ4n) is 6.92. The summed E-state index contributed by atoms with van der Waals surface area (Å²) in [5.74, 6) is -0.804. The molecule has 1 unspecified atom stereocenters. The number of aliphatic carboxylic acids is 1. The third kappa shape index (κ3) is 42.6. The van der Waals surface area contributed by atoms with Crippen molar-refractivity contribution in [3.63, 3.8) is 0 Å². The summed E-state index contributed by atoms with van der Waals surface area (Å²) in [6.07, 6.45) is 57.5. The Hall–Kier alpha value is -1.84. The average Bonchev–Trinajstić information content (AvgIpc) is 3.13. The minimum absolute atomic E-state index is 0.0523. The van der Waals surface area contributed by atoms with Crippen LogP contribution in [0.2, 0.25) is 0 Å². The number of hydrogen-bond acceptors (Lipinski definition) is 3. The largest absolute Gasteiger partial charge is 0.481 e. The fraction of sp³-hybridized carbons (Fsp3) is 0.833. The maximum Gasteiger partial charge on any atom is 0.306 e. The number of hydrogen-bond donors (Lipinski definition) is 1. The summed E-state index contributed by atoms with van der Waals surface area (Å²) in [6, 6.07) is 0. The van der Waals surface area contributed by atoms with E-state index in [9.17, 15) is 9.59 Å². The van der Waals surface area contributed by atoms with E-state index in [0.717, 1.165) is 51.4 Å². The summed E-state index contributed by atoms with van der Waals surface area (Å²) in [4.78, 5) is 23.6. The SMILES string of the molecule is CCCCC/C=C\C/C=C\CCCC/C=C\CCCCCCCC(=O)OC(CCCCCCCCCCCCCCCCCC)CCCCC(=O)O. The minimum Gasteiger partial charge on any atom is -0.481 e. The van der Waals surface area contributed by atoms with Crippen molar-refractivity contribution < 1.29 is 19.4 Å². The average molecular weight is 729 g/mol. The van der Waals surface area contributed by atoms with Gasteiger partial charge < -0.3 is 9.84 Å². The van der Waals surface area contributed by atoms with Crippen molar-refractivity contribution in [1.29, 1.82) is 0 Å². The van der Waals surface area contributed by atoms with Crippen molar-refractivity contribution in [2.24, 2.45) is 0 Å². The Balaban J connectivity index is 3.84. The van der Waals surface area contributed by atoms with Crippen LogP contribution < -0.4 is 0 Å². The molecule has 0 radical (unpaired) electrons. The fourth-order valence-corrected chi connectivity index (χ4v) is 6.92. The first-order chi connectivity index (χ1) is 25.6. The van der Waals surface area contributed by atoms with E-state index >= 15 is 0 Å². The summed E-state index contributed by atoms with van der Waals surface area (Å²) in [5.41, 5.74) is 0. The highest BCUT2D eigenvalue weighted by Gasteiger charge is 2.14. The van der Waals surface area contributed by atoms with Gasteiger partial charge in [0.25, 0.3) is 0 Å². The third-order valence-electron chi connectivity index (χ3n) is 10.3. The van der Waals surface area contributed by atoms with Crippen LogP contribution in [0.4, 0.5) is 0 Å². The van der Waals surface area contributed by atoms with E-state index in [2.05, 4.69) is 50.3 Å². The molecule has 0 bridgehead atoms. The number of ether oxygens (including phenoxy) is 1. The van der Waals surface area contributed by atoms with Crippen LogP contribution in [-0.4, -0.2) is 23.1 Å². The second-order valence-electron chi connectivity index (χ2n) is 15.6. The smallest absolute Gasteiger partial charge is 0.306 e. The van der Waals surface area contributed by atoms with Crippen LogP contribution in [0.5, 0.6) is 0 Å². The van der Waals surface area contributed by atoms with Crippen molar-refractivity contribution in [3.8, 4) is 0 Å². The molecule has 0 amide bonds. The number of allylic oxidation sites excluding steroid dienone is 6. The van der Waals surface area contributed by atoms with Gasteiger partial charge in [0.15, 0.2) is 0 Å². The van der Waals surface area contributed by atoms with Gasteiger partial charge in [-0.2, -0.15) is 0 Å². The molecule has 0 fully saturated rings. The molecule has 0 saturated heterocycles. The number of esters is 1. The van der Waals surface area contributed by atoms with Gasteiger partial charge >= 0.3 is 11.9 Å². The van der Waals surface area contributed by atoms with Gasteiger partial charge in [0.1, 0.15) is 6.10 Å². The molecule has 1 atom stereocenters. The maximum absolute atomic E-state index is 12.6. The molecule has 52 heavy (non-hydrogen) atoms. The van der Waals surface area contributed by atoms with Crippen LogP contribution in [0.15, 0.2) is 36.5 Å². The van der Waals surface area contributed by atoms with Crippen molar-refractivity contribution in [2.45, 2.75) is 258 Å². The lowest BCUT2D eigenvalue weighted by Crippen LogP contribution is -2.18. The molecule has 304 valence electrons. The van der Waals surface area contributed by atoms with Crippen LogP contribution in [0.3, 0.4) is 0 Å². The van der Waals surface area contributed by atoms with E-state index in [1.165, 1.54) is 167 Å².